The number of hydrogen-bond donors (Lipinski definition) is 0. The quantitative estimate of drug-likeness (QED) is 0.798. The second kappa shape index (κ2) is 6.12. The molecule has 4 nitrogen and oxygen atoms in total. The molecule has 5 heteroatoms. The predicted octanol–water partition coefficient (Wildman–Crippen LogP) is 2.70. The lowest BCUT2D eigenvalue weighted by Gasteiger charge is -2.05. The maximum atomic E-state index is 11.0. The van der Waals surface area contributed by atoms with Gasteiger partial charge in [-0.1, -0.05) is 17.8 Å². The summed E-state index contributed by atoms with van der Waals surface area (Å²) in [5, 5.41) is 9.61. The lowest BCUT2D eigenvalue weighted by molar-refractivity contribution is -0.114. The molecule has 94 valence electrons. The summed E-state index contributed by atoms with van der Waals surface area (Å²) < 4.78 is 0. The maximum Gasteiger partial charge on any atom is 0.140 e. The summed E-state index contributed by atoms with van der Waals surface area (Å²) in [5.41, 5.74) is 1.92. The van der Waals surface area contributed by atoms with Crippen LogP contribution >= 0.6 is 11.8 Å². The first-order valence-electron chi connectivity index (χ1n) is 5.65. The Hall–Kier alpha value is -2.19. The van der Waals surface area contributed by atoms with Gasteiger partial charge in [0.25, 0.3) is 0 Å². The molecule has 0 amide bonds. The minimum Gasteiger partial charge on any atom is -0.299 e. The lowest BCUT2D eigenvalue weighted by Crippen LogP contribution is -1.97. The van der Waals surface area contributed by atoms with Crippen LogP contribution in [-0.4, -0.2) is 21.5 Å². The Morgan fingerprint density at radius 1 is 1.32 bits per heavy atom. The van der Waals surface area contributed by atoms with Gasteiger partial charge in [-0.15, -0.1) is 0 Å². The first-order chi connectivity index (χ1) is 9.20. The van der Waals surface area contributed by atoms with Crippen molar-refractivity contribution < 1.29 is 4.79 Å². The Morgan fingerprint density at radius 2 is 2.16 bits per heavy atom. The molecule has 0 aliphatic carbocycles. The summed E-state index contributed by atoms with van der Waals surface area (Å²) in [6.45, 7) is 1.52. The van der Waals surface area contributed by atoms with E-state index in [0.29, 0.717) is 22.0 Å². The molecule has 0 unspecified atom stereocenters. The van der Waals surface area contributed by atoms with Crippen LogP contribution < -0.4 is 0 Å². The highest BCUT2D eigenvalue weighted by Gasteiger charge is 2.09. The van der Waals surface area contributed by atoms with Gasteiger partial charge in [-0.3, -0.25) is 9.78 Å². The van der Waals surface area contributed by atoms with Crippen molar-refractivity contribution in [2.45, 2.75) is 11.9 Å². The van der Waals surface area contributed by atoms with Crippen LogP contribution in [0, 0.1) is 11.3 Å². The molecule has 0 atom stereocenters. The van der Waals surface area contributed by atoms with Crippen molar-refractivity contribution in [3.8, 4) is 17.5 Å². The molecule has 2 aromatic heterocycles. The largest absolute Gasteiger partial charge is 0.299 e. The van der Waals surface area contributed by atoms with Gasteiger partial charge in [0.2, 0.25) is 0 Å². The second-order valence-corrected chi connectivity index (χ2v) is 4.83. The van der Waals surface area contributed by atoms with Gasteiger partial charge < -0.3 is 0 Å². The van der Waals surface area contributed by atoms with Crippen LogP contribution in [0.4, 0.5) is 0 Å². The molecule has 0 aliphatic heterocycles. The predicted molar refractivity (Wildman–Crippen MR) is 73.6 cm³/mol. The third-order valence-electron chi connectivity index (χ3n) is 2.32. The summed E-state index contributed by atoms with van der Waals surface area (Å²) in [6, 6.07) is 11.1. The molecule has 0 saturated carbocycles. The van der Waals surface area contributed by atoms with Crippen LogP contribution in [0.1, 0.15) is 12.5 Å². The number of ketones is 1. The number of pyridine rings is 2. The van der Waals surface area contributed by atoms with E-state index in [2.05, 4.69) is 16.0 Å². The van der Waals surface area contributed by atoms with E-state index >= 15 is 0 Å². The Bertz CT molecular complexity index is 635. The van der Waals surface area contributed by atoms with E-state index in [4.69, 9.17) is 5.26 Å². The van der Waals surface area contributed by atoms with E-state index in [-0.39, 0.29) is 5.78 Å². The number of rotatable bonds is 4. The zero-order valence-corrected chi connectivity index (χ0v) is 11.1. The minimum absolute atomic E-state index is 0.0546. The van der Waals surface area contributed by atoms with E-state index in [1.54, 1.807) is 18.3 Å². The monoisotopic (exact) mass is 269 g/mol. The second-order valence-electron chi connectivity index (χ2n) is 3.87. The van der Waals surface area contributed by atoms with Gasteiger partial charge in [0, 0.05) is 6.20 Å². The molecule has 0 N–H and O–H groups in total. The highest BCUT2D eigenvalue weighted by atomic mass is 32.2. The van der Waals surface area contributed by atoms with Crippen LogP contribution in [-0.2, 0) is 4.79 Å². The highest BCUT2D eigenvalue weighted by Crippen LogP contribution is 2.24. The fraction of sp³-hybridized carbons (Fsp3) is 0.143. The van der Waals surface area contributed by atoms with Crippen LogP contribution in [0.3, 0.4) is 0 Å². The number of carbonyl (C=O) groups excluding carboxylic acids is 1. The molecule has 19 heavy (non-hydrogen) atoms. The Labute approximate surface area is 115 Å². The van der Waals surface area contributed by atoms with Crippen LogP contribution in [0.25, 0.3) is 11.4 Å². The SMILES string of the molecule is CC(=O)CSc1nc(-c2ccccn2)ccc1C#N. The van der Waals surface area contributed by atoms with E-state index in [1.807, 2.05) is 18.2 Å². The van der Waals surface area contributed by atoms with Crippen molar-refractivity contribution in [3.63, 3.8) is 0 Å². The molecule has 0 saturated heterocycles. The van der Waals surface area contributed by atoms with Gasteiger partial charge >= 0.3 is 0 Å². The van der Waals surface area contributed by atoms with Gasteiger partial charge in [-0.25, -0.2) is 4.98 Å². The average Bonchev–Trinajstić information content (AvgIpc) is 2.45. The van der Waals surface area contributed by atoms with E-state index in [1.165, 1.54) is 18.7 Å². The summed E-state index contributed by atoms with van der Waals surface area (Å²) in [6.07, 6.45) is 1.69. The zero-order chi connectivity index (χ0) is 13.7. The molecule has 2 heterocycles. The number of hydrogen-bond acceptors (Lipinski definition) is 5. The smallest absolute Gasteiger partial charge is 0.140 e. The van der Waals surface area contributed by atoms with Crippen molar-refractivity contribution in [1.82, 2.24) is 9.97 Å². The van der Waals surface area contributed by atoms with Crippen molar-refractivity contribution >= 4 is 17.5 Å². The fourth-order valence-electron chi connectivity index (χ4n) is 1.46. The van der Waals surface area contributed by atoms with E-state index in [0.717, 1.165) is 5.69 Å². The summed E-state index contributed by atoms with van der Waals surface area (Å²) in [7, 11) is 0. The van der Waals surface area contributed by atoms with E-state index in [9.17, 15) is 4.79 Å². The van der Waals surface area contributed by atoms with Gasteiger partial charge in [0.15, 0.2) is 0 Å². The van der Waals surface area contributed by atoms with Crippen LogP contribution in [0.5, 0.6) is 0 Å². The molecule has 0 aliphatic rings. The Kier molecular flexibility index (Phi) is 4.26. The molecule has 2 aromatic rings. The number of nitrogens with zero attached hydrogens (tertiary/aromatic N) is 3. The number of nitriles is 1. The van der Waals surface area contributed by atoms with Crippen molar-refractivity contribution in [2.75, 3.05) is 5.75 Å². The number of Topliss-reactive ketones (excluding diaryl/α,β-unsaturated/α-hetero) is 1. The normalized spacial score (nSPS) is 9.89. The third-order valence-corrected chi connectivity index (χ3v) is 3.46. The van der Waals surface area contributed by atoms with Crippen molar-refractivity contribution in [1.29, 1.82) is 5.26 Å². The molecule has 0 bridgehead atoms. The minimum atomic E-state index is 0.0546. The van der Waals surface area contributed by atoms with E-state index < -0.39 is 0 Å². The number of thioether (sulfide) groups is 1. The zero-order valence-electron chi connectivity index (χ0n) is 10.3. The number of carbonyl (C=O) groups is 1. The van der Waals surface area contributed by atoms with Crippen molar-refractivity contribution in [2.24, 2.45) is 0 Å². The summed E-state index contributed by atoms with van der Waals surface area (Å²) in [5.74, 6) is 0.367. The fourth-order valence-corrected chi connectivity index (χ4v) is 2.23. The lowest BCUT2D eigenvalue weighted by atomic mass is 10.2. The van der Waals surface area contributed by atoms with Crippen molar-refractivity contribution in [3.05, 3.63) is 42.1 Å². The summed E-state index contributed by atoms with van der Waals surface area (Å²) >= 11 is 1.28. The Morgan fingerprint density at radius 3 is 2.79 bits per heavy atom. The molecule has 0 spiro atoms. The average molecular weight is 269 g/mol. The van der Waals surface area contributed by atoms with Gasteiger partial charge in [0.05, 0.1) is 22.7 Å². The Balaban J connectivity index is 2.36. The topological polar surface area (TPSA) is 66.6 Å². The standard InChI is InChI=1S/C14H11N3OS/c1-10(18)9-19-14-11(8-15)5-6-13(17-14)12-4-2-3-7-16-12/h2-7H,9H2,1H3. The molecular formula is C14H11N3OS. The van der Waals surface area contributed by atoms with Gasteiger partial charge in [-0.2, -0.15) is 5.26 Å². The molecule has 0 aromatic carbocycles. The van der Waals surface area contributed by atoms with Crippen LogP contribution in [0.15, 0.2) is 41.6 Å². The highest BCUT2D eigenvalue weighted by molar-refractivity contribution is 8.00. The first kappa shape index (κ1) is 13.2. The summed E-state index contributed by atoms with van der Waals surface area (Å²) in [4.78, 5) is 19.7. The third kappa shape index (κ3) is 3.39. The first-order valence-corrected chi connectivity index (χ1v) is 6.64. The molecule has 0 fully saturated rings. The van der Waals surface area contributed by atoms with Gasteiger partial charge in [0.1, 0.15) is 16.9 Å². The molecule has 0 radical (unpaired) electrons. The maximum absolute atomic E-state index is 11.0. The van der Waals surface area contributed by atoms with Crippen LogP contribution in [0.2, 0.25) is 0 Å². The van der Waals surface area contributed by atoms with Gasteiger partial charge in [-0.05, 0) is 31.2 Å². The number of aromatic nitrogens is 2. The molecular weight excluding hydrogens is 258 g/mol. The molecule has 2 rings (SSSR count).